The molecule has 0 aliphatic carbocycles. The SMILES string of the molecule is O=C(NCc1ccc(Cl)cc1Cl)c1cc(F)cc2nccnc12. The number of carbonyl (C=O) groups is 1. The minimum absolute atomic E-state index is 0.123. The Bertz CT molecular complexity index is 902. The number of carbonyl (C=O) groups excluding carboxylic acids is 1. The molecular weight excluding hydrogens is 340 g/mol. The van der Waals surface area contributed by atoms with E-state index < -0.39 is 11.7 Å². The number of hydrogen-bond donors (Lipinski definition) is 1. The third-order valence-electron chi connectivity index (χ3n) is 3.24. The first kappa shape index (κ1) is 15.6. The van der Waals surface area contributed by atoms with E-state index in [0.717, 1.165) is 6.07 Å². The highest BCUT2D eigenvalue weighted by atomic mass is 35.5. The molecule has 1 heterocycles. The topological polar surface area (TPSA) is 54.9 Å². The van der Waals surface area contributed by atoms with Crippen LogP contribution in [0.25, 0.3) is 11.0 Å². The van der Waals surface area contributed by atoms with Crippen molar-refractivity contribution in [2.45, 2.75) is 6.54 Å². The quantitative estimate of drug-likeness (QED) is 0.777. The Balaban J connectivity index is 1.86. The second-order valence-corrected chi connectivity index (χ2v) is 5.64. The molecule has 4 nitrogen and oxygen atoms in total. The molecule has 0 spiro atoms. The average molecular weight is 350 g/mol. The lowest BCUT2D eigenvalue weighted by Gasteiger charge is -2.09. The van der Waals surface area contributed by atoms with Crippen LogP contribution in [-0.4, -0.2) is 15.9 Å². The standard InChI is InChI=1S/C16H10Cl2FN3O/c17-10-2-1-9(13(18)5-10)8-22-16(23)12-6-11(19)7-14-15(12)21-4-3-20-14/h1-7H,8H2,(H,22,23). The Hall–Kier alpha value is -2.24. The normalized spacial score (nSPS) is 10.7. The van der Waals surface area contributed by atoms with E-state index in [9.17, 15) is 9.18 Å². The highest BCUT2D eigenvalue weighted by Crippen LogP contribution is 2.21. The van der Waals surface area contributed by atoms with Gasteiger partial charge in [-0.05, 0) is 23.8 Å². The predicted octanol–water partition coefficient (Wildman–Crippen LogP) is 4.01. The highest BCUT2D eigenvalue weighted by Gasteiger charge is 2.14. The van der Waals surface area contributed by atoms with Gasteiger partial charge in [0.25, 0.3) is 5.91 Å². The fourth-order valence-electron chi connectivity index (χ4n) is 2.15. The molecule has 1 N–H and O–H groups in total. The van der Waals surface area contributed by atoms with E-state index in [1.165, 1.54) is 18.5 Å². The minimum atomic E-state index is -0.548. The summed E-state index contributed by atoms with van der Waals surface area (Å²) in [6, 6.07) is 7.35. The largest absolute Gasteiger partial charge is 0.348 e. The van der Waals surface area contributed by atoms with Gasteiger partial charge in [-0.15, -0.1) is 0 Å². The van der Waals surface area contributed by atoms with E-state index in [2.05, 4.69) is 15.3 Å². The molecule has 0 aliphatic rings. The summed E-state index contributed by atoms with van der Waals surface area (Å²) < 4.78 is 13.6. The molecule has 1 aromatic heterocycles. The molecule has 7 heteroatoms. The van der Waals surface area contributed by atoms with Crippen LogP contribution >= 0.6 is 23.2 Å². The second kappa shape index (κ2) is 6.48. The monoisotopic (exact) mass is 349 g/mol. The maximum Gasteiger partial charge on any atom is 0.253 e. The van der Waals surface area contributed by atoms with Crippen molar-refractivity contribution in [1.29, 1.82) is 0 Å². The van der Waals surface area contributed by atoms with Crippen LogP contribution in [0.1, 0.15) is 15.9 Å². The van der Waals surface area contributed by atoms with Crippen molar-refractivity contribution >= 4 is 40.1 Å². The lowest BCUT2D eigenvalue weighted by Crippen LogP contribution is -2.23. The lowest BCUT2D eigenvalue weighted by molar-refractivity contribution is 0.0952. The number of rotatable bonds is 3. The third kappa shape index (κ3) is 3.41. The molecule has 3 rings (SSSR count). The average Bonchev–Trinajstić information content (AvgIpc) is 2.53. The van der Waals surface area contributed by atoms with Crippen LogP contribution in [0.15, 0.2) is 42.7 Å². The summed E-state index contributed by atoms with van der Waals surface area (Å²) >= 11 is 11.9. The van der Waals surface area contributed by atoms with Crippen LogP contribution in [-0.2, 0) is 6.54 Å². The van der Waals surface area contributed by atoms with Gasteiger partial charge in [0.15, 0.2) is 0 Å². The Morgan fingerprint density at radius 2 is 1.91 bits per heavy atom. The van der Waals surface area contributed by atoms with Gasteiger partial charge in [-0.25, -0.2) is 4.39 Å². The molecule has 2 aromatic carbocycles. The van der Waals surface area contributed by atoms with Gasteiger partial charge in [0.05, 0.1) is 11.1 Å². The Morgan fingerprint density at radius 1 is 1.13 bits per heavy atom. The molecule has 0 unspecified atom stereocenters. The van der Waals surface area contributed by atoms with E-state index in [1.54, 1.807) is 18.2 Å². The van der Waals surface area contributed by atoms with E-state index in [0.29, 0.717) is 26.6 Å². The lowest BCUT2D eigenvalue weighted by atomic mass is 10.1. The number of fused-ring (bicyclic) bond motifs is 1. The van der Waals surface area contributed by atoms with Gasteiger partial charge in [0, 0.05) is 35.1 Å². The zero-order valence-corrected chi connectivity index (χ0v) is 13.2. The third-order valence-corrected chi connectivity index (χ3v) is 3.82. The van der Waals surface area contributed by atoms with Gasteiger partial charge in [0.2, 0.25) is 0 Å². The van der Waals surface area contributed by atoms with Crippen molar-refractivity contribution in [3.8, 4) is 0 Å². The van der Waals surface area contributed by atoms with Crippen LogP contribution in [0.2, 0.25) is 10.0 Å². The van der Waals surface area contributed by atoms with E-state index in [4.69, 9.17) is 23.2 Å². The molecule has 0 aliphatic heterocycles. The number of benzene rings is 2. The predicted molar refractivity (Wildman–Crippen MR) is 87.1 cm³/mol. The van der Waals surface area contributed by atoms with Crippen molar-refractivity contribution in [1.82, 2.24) is 15.3 Å². The number of aromatic nitrogens is 2. The minimum Gasteiger partial charge on any atom is -0.348 e. The maximum absolute atomic E-state index is 13.6. The molecule has 116 valence electrons. The molecule has 0 radical (unpaired) electrons. The molecule has 1 amide bonds. The molecule has 0 atom stereocenters. The van der Waals surface area contributed by atoms with Gasteiger partial charge < -0.3 is 5.32 Å². The molecule has 3 aromatic rings. The zero-order valence-electron chi connectivity index (χ0n) is 11.7. The maximum atomic E-state index is 13.6. The van der Waals surface area contributed by atoms with Crippen molar-refractivity contribution in [3.05, 3.63) is 69.7 Å². The van der Waals surface area contributed by atoms with E-state index >= 15 is 0 Å². The van der Waals surface area contributed by atoms with Crippen molar-refractivity contribution in [2.75, 3.05) is 0 Å². The second-order valence-electron chi connectivity index (χ2n) is 4.80. The van der Waals surface area contributed by atoms with Gasteiger partial charge in [-0.2, -0.15) is 0 Å². The first-order valence-corrected chi connectivity index (χ1v) is 7.42. The molecule has 0 fully saturated rings. The molecule has 0 saturated carbocycles. The van der Waals surface area contributed by atoms with Crippen molar-refractivity contribution in [2.24, 2.45) is 0 Å². The van der Waals surface area contributed by atoms with Gasteiger partial charge >= 0.3 is 0 Å². The first-order chi connectivity index (χ1) is 11.0. The summed E-state index contributed by atoms with van der Waals surface area (Å²) in [5, 5.41) is 3.65. The summed E-state index contributed by atoms with van der Waals surface area (Å²) in [6.07, 6.45) is 2.89. The fourth-order valence-corrected chi connectivity index (χ4v) is 2.62. The zero-order chi connectivity index (χ0) is 16.4. The van der Waals surface area contributed by atoms with Gasteiger partial charge in [-0.3, -0.25) is 14.8 Å². The number of halogens is 3. The summed E-state index contributed by atoms with van der Waals surface area (Å²) in [5.74, 6) is -1.01. The van der Waals surface area contributed by atoms with Gasteiger partial charge in [0.1, 0.15) is 11.3 Å². The molecule has 0 bridgehead atoms. The summed E-state index contributed by atoms with van der Waals surface area (Å²) in [6.45, 7) is 0.188. The van der Waals surface area contributed by atoms with Crippen LogP contribution < -0.4 is 5.32 Å². The van der Waals surface area contributed by atoms with Crippen LogP contribution in [0.4, 0.5) is 4.39 Å². The molecule has 23 heavy (non-hydrogen) atoms. The summed E-state index contributed by atoms with van der Waals surface area (Å²) in [4.78, 5) is 20.5. The Labute approximate surface area is 141 Å². The van der Waals surface area contributed by atoms with Gasteiger partial charge in [-0.1, -0.05) is 29.3 Å². The van der Waals surface area contributed by atoms with Crippen LogP contribution in [0.5, 0.6) is 0 Å². The van der Waals surface area contributed by atoms with E-state index in [1.807, 2.05) is 0 Å². The first-order valence-electron chi connectivity index (χ1n) is 6.67. The number of hydrogen-bond acceptors (Lipinski definition) is 3. The smallest absolute Gasteiger partial charge is 0.253 e. The van der Waals surface area contributed by atoms with Crippen molar-refractivity contribution < 1.29 is 9.18 Å². The molecular formula is C16H10Cl2FN3O. The summed E-state index contributed by atoms with van der Waals surface area (Å²) in [5.41, 5.74) is 1.49. The Morgan fingerprint density at radius 3 is 2.70 bits per heavy atom. The summed E-state index contributed by atoms with van der Waals surface area (Å²) in [7, 11) is 0. The number of nitrogens with zero attached hydrogens (tertiary/aromatic N) is 2. The van der Waals surface area contributed by atoms with Crippen LogP contribution in [0.3, 0.4) is 0 Å². The fraction of sp³-hybridized carbons (Fsp3) is 0.0625. The highest BCUT2D eigenvalue weighted by molar-refractivity contribution is 6.35. The van der Waals surface area contributed by atoms with Crippen LogP contribution in [0, 0.1) is 5.82 Å². The van der Waals surface area contributed by atoms with E-state index in [-0.39, 0.29) is 12.1 Å². The van der Waals surface area contributed by atoms with Crippen molar-refractivity contribution in [3.63, 3.8) is 0 Å². The number of nitrogens with one attached hydrogen (secondary N) is 1. The Kier molecular flexibility index (Phi) is 4.41. The molecule has 0 saturated heterocycles. The number of amides is 1.